The quantitative estimate of drug-likeness (QED) is 0.559. The highest BCUT2D eigenvalue weighted by atomic mass is 32.2. The molecule has 162 valence electrons. The maximum atomic E-state index is 12.7. The molecule has 0 radical (unpaired) electrons. The predicted molar refractivity (Wildman–Crippen MR) is 114 cm³/mol. The van der Waals surface area contributed by atoms with Crippen LogP contribution in [0.5, 0.6) is 5.75 Å². The lowest BCUT2D eigenvalue weighted by Gasteiger charge is -2.21. The molecule has 4 rings (SSSR count). The summed E-state index contributed by atoms with van der Waals surface area (Å²) in [5.41, 5.74) is 7.92. The molecule has 0 amide bonds. The molecular formula is C20H27N5O4S. The molecule has 0 bridgehead atoms. The zero-order chi connectivity index (χ0) is 21.1. The van der Waals surface area contributed by atoms with Gasteiger partial charge in [0.05, 0.1) is 25.6 Å². The number of ether oxygens (including phenoxy) is 1. The van der Waals surface area contributed by atoms with Crippen LogP contribution in [-0.2, 0) is 23.1 Å². The van der Waals surface area contributed by atoms with Gasteiger partial charge in [0.2, 0.25) is 10.0 Å². The van der Waals surface area contributed by atoms with Gasteiger partial charge in [-0.15, -0.1) is 0 Å². The van der Waals surface area contributed by atoms with Gasteiger partial charge in [0.25, 0.3) is 0 Å². The summed E-state index contributed by atoms with van der Waals surface area (Å²) in [4.78, 5) is 0. The molecular weight excluding hydrogens is 406 g/mol. The van der Waals surface area contributed by atoms with Gasteiger partial charge in [-0.1, -0.05) is 24.4 Å². The number of anilines is 1. The molecule has 0 spiro atoms. The third kappa shape index (κ3) is 4.59. The molecule has 1 fully saturated rings. The monoisotopic (exact) mass is 433 g/mol. The summed E-state index contributed by atoms with van der Waals surface area (Å²) in [5, 5.41) is 8.76. The lowest BCUT2D eigenvalue weighted by Crippen LogP contribution is -2.24. The molecule has 2 aromatic heterocycles. The van der Waals surface area contributed by atoms with Crippen molar-refractivity contribution in [3.05, 3.63) is 35.7 Å². The van der Waals surface area contributed by atoms with Gasteiger partial charge in [-0.2, -0.15) is 5.10 Å². The second-order valence-electron chi connectivity index (χ2n) is 7.84. The second-order valence-corrected chi connectivity index (χ2v) is 9.61. The molecule has 1 aliphatic rings. The average molecular weight is 434 g/mol. The number of nitrogens with two attached hydrogens (primary N) is 1. The molecule has 0 aliphatic heterocycles. The minimum atomic E-state index is -3.53. The van der Waals surface area contributed by atoms with E-state index >= 15 is 0 Å². The Morgan fingerprint density at radius 3 is 2.77 bits per heavy atom. The van der Waals surface area contributed by atoms with Gasteiger partial charge >= 0.3 is 0 Å². The van der Waals surface area contributed by atoms with Gasteiger partial charge in [0.1, 0.15) is 11.1 Å². The van der Waals surface area contributed by atoms with Crippen molar-refractivity contribution in [1.82, 2.24) is 14.9 Å². The molecule has 0 atom stereocenters. The number of nitrogens with one attached hydrogen (secondary N) is 1. The largest absolute Gasteiger partial charge is 0.496 e. The smallest absolute Gasteiger partial charge is 0.234 e. The average Bonchev–Trinajstić information content (AvgIpc) is 3.34. The predicted octanol–water partition coefficient (Wildman–Crippen LogP) is 2.86. The summed E-state index contributed by atoms with van der Waals surface area (Å²) in [6.07, 6.45) is 8.87. The van der Waals surface area contributed by atoms with Crippen LogP contribution in [0.25, 0.3) is 11.0 Å². The van der Waals surface area contributed by atoms with E-state index in [0.29, 0.717) is 29.8 Å². The first-order chi connectivity index (χ1) is 14.5. The first kappa shape index (κ1) is 20.7. The van der Waals surface area contributed by atoms with Crippen molar-refractivity contribution < 1.29 is 17.7 Å². The summed E-state index contributed by atoms with van der Waals surface area (Å²) in [5.74, 6) is 0.944. The van der Waals surface area contributed by atoms with Crippen molar-refractivity contribution >= 4 is 26.8 Å². The zero-order valence-corrected chi connectivity index (χ0v) is 17.8. The number of rotatable bonds is 8. The molecule has 0 unspecified atom stereocenters. The molecule has 1 aliphatic carbocycles. The van der Waals surface area contributed by atoms with Gasteiger partial charge in [-0.3, -0.25) is 9.40 Å². The van der Waals surface area contributed by atoms with Crippen LogP contribution in [0.15, 0.2) is 29.0 Å². The minimum absolute atomic E-state index is 0.102. The van der Waals surface area contributed by atoms with Crippen molar-refractivity contribution in [3.8, 4) is 5.75 Å². The van der Waals surface area contributed by atoms with E-state index in [0.717, 1.165) is 36.8 Å². The van der Waals surface area contributed by atoms with E-state index in [4.69, 9.17) is 15.0 Å². The Morgan fingerprint density at radius 2 is 2.07 bits per heavy atom. The summed E-state index contributed by atoms with van der Waals surface area (Å²) in [6.45, 7) is 0.921. The van der Waals surface area contributed by atoms with Gasteiger partial charge < -0.3 is 15.0 Å². The van der Waals surface area contributed by atoms with Crippen LogP contribution in [-0.4, -0.2) is 36.2 Å². The van der Waals surface area contributed by atoms with E-state index in [1.807, 2.05) is 18.3 Å². The molecule has 1 aromatic carbocycles. The maximum absolute atomic E-state index is 12.7. The van der Waals surface area contributed by atoms with Crippen LogP contribution in [0.3, 0.4) is 0 Å². The van der Waals surface area contributed by atoms with Gasteiger partial charge in [0.15, 0.2) is 11.4 Å². The Balaban J connectivity index is 1.57. The van der Waals surface area contributed by atoms with Crippen molar-refractivity contribution in [1.29, 1.82) is 0 Å². The van der Waals surface area contributed by atoms with E-state index in [9.17, 15) is 8.42 Å². The molecule has 0 saturated heterocycles. The van der Waals surface area contributed by atoms with E-state index in [1.165, 1.54) is 13.5 Å². The Hall–Kier alpha value is -2.59. The van der Waals surface area contributed by atoms with Gasteiger partial charge in [-0.25, -0.2) is 8.42 Å². The van der Waals surface area contributed by atoms with Crippen LogP contribution in [0.4, 0.5) is 5.82 Å². The Bertz CT molecular complexity index is 1120. The van der Waals surface area contributed by atoms with Crippen LogP contribution in [0, 0.1) is 5.92 Å². The zero-order valence-electron chi connectivity index (χ0n) is 17.0. The Morgan fingerprint density at radius 1 is 1.27 bits per heavy atom. The minimum Gasteiger partial charge on any atom is -0.496 e. The van der Waals surface area contributed by atoms with Crippen LogP contribution < -0.4 is 15.2 Å². The maximum Gasteiger partial charge on any atom is 0.234 e. The number of benzene rings is 1. The molecule has 9 nitrogen and oxygen atoms in total. The number of sulfonamides is 1. The number of aromatic nitrogens is 3. The standard InChI is InChI=1S/C20H27N5O4S/c1-28-17-7-15(11-25-12-16(9-21)10-22-25)8-18-19(17)20(23-29-18)24-30(26,27)13-14-5-3-2-4-6-14/h7-8,10,12,14H,2-6,9,11,13,21H2,1H3,(H,23,24). The molecule has 30 heavy (non-hydrogen) atoms. The highest BCUT2D eigenvalue weighted by Gasteiger charge is 2.24. The topological polar surface area (TPSA) is 125 Å². The third-order valence-corrected chi connectivity index (χ3v) is 6.93. The SMILES string of the molecule is COc1cc(Cn2cc(CN)cn2)cc2onc(NS(=O)(=O)CC3CCCCC3)c12. The third-order valence-electron chi connectivity index (χ3n) is 5.52. The molecule has 1 saturated carbocycles. The van der Waals surface area contributed by atoms with Crippen molar-refractivity contribution in [3.63, 3.8) is 0 Å². The van der Waals surface area contributed by atoms with E-state index in [2.05, 4.69) is 15.0 Å². The van der Waals surface area contributed by atoms with Gasteiger partial charge in [0, 0.05) is 18.3 Å². The summed E-state index contributed by atoms with van der Waals surface area (Å²) < 4.78 is 40.7. The lowest BCUT2D eigenvalue weighted by atomic mass is 9.91. The molecule has 3 N–H and O–H groups in total. The van der Waals surface area contributed by atoms with E-state index < -0.39 is 10.0 Å². The van der Waals surface area contributed by atoms with E-state index in [1.54, 1.807) is 10.9 Å². The lowest BCUT2D eigenvalue weighted by molar-refractivity contribution is 0.385. The summed E-state index contributed by atoms with van der Waals surface area (Å²) in [6, 6.07) is 3.65. The fourth-order valence-electron chi connectivity index (χ4n) is 4.05. The first-order valence-electron chi connectivity index (χ1n) is 10.2. The summed E-state index contributed by atoms with van der Waals surface area (Å²) >= 11 is 0. The number of methoxy groups -OCH3 is 1. The van der Waals surface area contributed by atoms with E-state index in [-0.39, 0.29) is 17.5 Å². The number of nitrogens with zero attached hydrogens (tertiary/aromatic N) is 3. The number of hydrogen-bond acceptors (Lipinski definition) is 7. The Labute approximate surface area is 175 Å². The fraction of sp³-hybridized carbons (Fsp3) is 0.500. The van der Waals surface area contributed by atoms with Crippen LogP contribution >= 0.6 is 0 Å². The number of fused-ring (bicyclic) bond motifs is 1. The first-order valence-corrected chi connectivity index (χ1v) is 11.8. The number of hydrogen-bond donors (Lipinski definition) is 2. The fourth-order valence-corrected chi connectivity index (χ4v) is 5.52. The van der Waals surface area contributed by atoms with Gasteiger partial charge in [-0.05, 0) is 36.5 Å². The second kappa shape index (κ2) is 8.65. The van der Waals surface area contributed by atoms with Crippen molar-refractivity contribution in [2.24, 2.45) is 11.7 Å². The highest BCUT2D eigenvalue weighted by Crippen LogP contribution is 2.35. The van der Waals surface area contributed by atoms with Crippen LogP contribution in [0.2, 0.25) is 0 Å². The Kier molecular flexibility index (Phi) is 5.96. The van der Waals surface area contributed by atoms with Crippen LogP contribution in [0.1, 0.15) is 43.2 Å². The highest BCUT2D eigenvalue weighted by molar-refractivity contribution is 7.92. The normalized spacial score (nSPS) is 15.5. The molecule has 2 heterocycles. The van der Waals surface area contributed by atoms with Crippen molar-refractivity contribution in [2.75, 3.05) is 17.6 Å². The van der Waals surface area contributed by atoms with Crippen molar-refractivity contribution in [2.45, 2.75) is 45.2 Å². The molecule has 3 aromatic rings. The molecule has 10 heteroatoms. The summed E-state index contributed by atoms with van der Waals surface area (Å²) in [7, 11) is -2.00.